The van der Waals surface area contributed by atoms with Crippen LogP contribution in [0.3, 0.4) is 0 Å². The molecule has 4 aromatic heterocycles. The summed E-state index contributed by atoms with van der Waals surface area (Å²) in [5.74, 6) is 0.333. The molecule has 0 unspecified atom stereocenters. The first-order valence-electron chi connectivity index (χ1n) is 8.26. The molecule has 132 valence electrons. The maximum absolute atomic E-state index is 12.7. The van der Waals surface area contributed by atoms with Crippen LogP contribution in [-0.2, 0) is 0 Å². The lowest BCUT2D eigenvalue weighted by molar-refractivity contribution is 0.906. The van der Waals surface area contributed by atoms with Crippen molar-refractivity contribution in [2.75, 3.05) is 5.73 Å². The van der Waals surface area contributed by atoms with Gasteiger partial charge >= 0.3 is 0 Å². The van der Waals surface area contributed by atoms with Crippen molar-refractivity contribution in [3.05, 3.63) is 58.5 Å². The zero-order valence-electron chi connectivity index (χ0n) is 14.3. The van der Waals surface area contributed by atoms with E-state index < -0.39 is 0 Å². The summed E-state index contributed by atoms with van der Waals surface area (Å²) in [4.78, 5) is 21.7. The van der Waals surface area contributed by atoms with E-state index in [2.05, 4.69) is 25.5 Å². The number of aryl methyl sites for hydroxylation is 1. The summed E-state index contributed by atoms with van der Waals surface area (Å²) in [6, 6.07) is 10.7. The highest BCUT2D eigenvalue weighted by Crippen LogP contribution is 2.30. The average Bonchev–Trinajstić information content (AvgIpc) is 3.27. The van der Waals surface area contributed by atoms with Gasteiger partial charge in [-0.25, -0.2) is 4.98 Å². The van der Waals surface area contributed by atoms with Gasteiger partial charge in [0.25, 0.3) is 5.56 Å². The smallest absolute Gasteiger partial charge is 0.273 e. The third-order valence-electron chi connectivity index (χ3n) is 4.58. The number of nitrogen functional groups attached to an aromatic ring is 1. The van der Waals surface area contributed by atoms with Crippen molar-refractivity contribution >= 4 is 22.5 Å². The predicted molar refractivity (Wildman–Crippen MR) is 101 cm³/mol. The number of rotatable bonds is 2. The van der Waals surface area contributed by atoms with Crippen LogP contribution in [0.5, 0.6) is 0 Å². The zero-order valence-corrected chi connectivity index (χ0v) is 14.3. The Bertz CT molecular complexity index is 1360. The fraction of sp³-hybridized carbons (Fsp3) is 0.0556. The van der Waals surface area contributed by atoms with Crippen molar-refractivity contribution in [2.45, 2.75) is 6.92 Å². The van der Waals surface area contributed by atoms with E-state index >= 15 is 0 Å². The van der Waals surface area contributed by atoms with Crippen LogP contribution in [0.15, 0.2) is 47.4 Å². The van der Waals surface area contributed by atoms with Crippen LogP contribution in [0.25, 0.3) is 39.2 Å². The standard InChI is InChI=1S/C18H14N8O/c1-9-10(5-6-12-16(9)23-25-22-12)13-8-14(27)26-18(21-13)15(17(19)24-26)11-4-2-3-7-20-11/h2-8,24H,19H2,1H3,(H,22,23,25). The molecule has 5 rings (SSSR count). The second-order valence-electron chi connectivity index (χ2n) is 6.18. The van der Waals surface area contributed by atoms with Gasteiger partial charge in [0.1, 0.15) is 16.9 Å². The number of fused-ring (bicyclic) bond motifs is 2. The first kappa shape index (κ1) is 15.3. The molecule has 5 aromatic rings. The first-order chi connectivity index (χ1) is 13.1. The lowest BCUT2D eigenvalue weighted by Crippen LogP contribution is -2.14. The molecule has 0 aliphatic heterocycles. The molecule has 4 heterocycles. The Morgan fingerprint density at radius 1 is 1.11 bits per heavy atom. The summed E-state index contributed by atoms with van der Waals surface area (Å²) in [6.45, 7) is 1.93. The topological polar surface area (TPSA) is 131 Å². The van der Waals surface area contributed by atoms with E-state index in [0.717, 1.165) is 22.2 Å². The van der Waals surface area contributed by atoms with E-state index in [-0.39, 0.29) is 5.56 Å². The molecule has 0 bridgehead atoms. The Hall–Kier alpha value is -4.01. The number of anilines is 1. The molecular weight excluding hydrogens is 344 g/mol. The minimum absolute atomic E-state index is 0.261. The molecule has 9 nitrogen and oxygen atoms in total. The van der Waals surface area contributed by atoms with Gasteiger partial charge in [-0.1, -0.05) is 12.1 Å². The number of H-pyrrole nitrogens is 2. The Labute approximate surface area is 151 Å². The largest absolute Gasteiger partial charge is 0.383 e. The molecule has 0 saturated heterocycles. The maximum atomic E-state index is 12.7. The van der Waals surface area contributed by atoms with Crippen LogP contribution in [0.4, 0.5) is 5.82 Å². The Morgan fingerprint density at radius 3 is 2.81 bits per heavy atom. The van der Waals surface area contributed by atoms with Crippen molar-refractivity contribution in [3.8, 4) is 22.5 Å². The first-order valence-corrected chi connectivity index (χ1v) is 8.26. The van der Waals surface area contributed by atoms with Crippen LogP contribution < -0.4 is 11.3 Å². The highest BCUT2D eigenvalue weighted by atomic mass is 16.1. The van der Waals surface area contributed by atoms with Crippen LogP contribution >= 0.6 is 0 Å². The van der Waals surface area contributed by atoms with E-state index in [1.165, 1.54) is 10.6 Å². The van der Waals surface area contributed by atoms with Gasteiger partial charge < -0.3 is 5.73 Å². The minimum Gasteiger partial charge on any atom is -0.383 e. The third kappa shape index (κ3) is 2.21. The SMILES string of the molecule is Cc1c(-c2cc(=O)n3[nH]c(N)c(-c4ccccn4)c3n2)ccc2n[nH]nc12. The highest BCUT2D eigenvalue weighted by Gasteiger charge is 2.18. The lowest BCUT2D eigenvalue weighted by Gasteiger charge is -2.06. The lowest BCUT2D eigenvalue weighted by atomic mass is 10.0. The van der Waals surface area contributed by atoms with Crippen molar-refractivity contribution in [2.24, 2.45) is 0 Å². The van der Waals surface area contributed by atoms with Crippen LogP contribution in [0, 0.1) is 6.92 Å². The quantitative estimate of drug-likeness (QED) is 0.442. The van der Waals surface area contributed by atoms with E-state index in [4.69, 9.17) is 10.7 Å². The summed E-state index contributed by atoms with van der Waals surface area (Å²) in [6.07, 6.45) is 1.67. The molecule has 0 aliphatic carbocycles. The molecule has 9 heteroatoms. The van der Waals surface area contributed by atoms with Gasteiger partial charge in [-0.3, -0.25) is 14.9 Å². The van der Waals surface area contributed by atoms with Crippen LogP contribution in [-0.4, -0.2) is 35.0 Å². The number of nitrogens with two attached hydrogens (primary N) is 1. The van der Waals surface area contributed by atoms with Crippen LogP contribution in [0.1, 0.15) is 5.56 Å². The summed E-state index contributed by atoms with van der Waals surface area (Å²) in [5.41, 5.74) is 11.3. The van der Waals surface area contributed by atoms with Gasteiger partial charge in [0.05, 0.1) is 17.0 Å². The molecule has 27 heavy (non-hydrogen) atoms. The molecule has 0 fully saturated rings. The number of aromatic nitrogens is 7. The van der Waals surface area contributed by atoms with Crippen molar-refractivity contribution < 1.29 is 0 Å². The zero-order chi connectivity index (χ0) is 18.5. The van der Waals surface area contributed by atoms with Gasteiger partial charge in [-0.05, 0) is 30.7 Å². The Morgan fingerprint density at radius 2 is 2.00 bits per heavy atom. The number of aromatic amines is 2. The predicted octanol–water partition coefficient (Wildman–Crippen LogP) is 1.91. The van der Waals surface area contributed by atoms with Crippen molar-refractivity contribution in [1.82, 2.24) is 35.0 Å². The maximum Gasteiger partial charge on any atom is 0.273 e. The average molecular weight is 358 g/mol. The van der Waals surface area contributed by atoms with E-state index in [0.29, 0.717) is 28.4 Å². The normalized spacial score (nSPS) is 11.4. The Kier molecular flexibility index (Phi) is 3.11. The van der Waals surface area contributed by atoms with Gasteiger partial charge in [-0.2, -0.15) is 19.9 Å². The number of nitrogens with one attached hydrogen (secondary N) is 2. The van der Waals surface area contributed by atoms with Gasteiger partial charge in [0.15, 0.2) is 5.65 Å². The van der Waals surface area contributed by atoms with E-state index in [1.54, 1.807) is 6.20 Å². The number of hydrogen-bond acceptors (Lipinski definition) is 6. The Balaban J connectivity index is 1.82. The van der Waals surface area contributed by atoms with Crippen molar-refractivity contribution in [3.63, 3.8) is 0 Å². The summed E-state index contributed by atoms with van der Waals surface area (Å²) < 4.78 is 1.33. The number of hydrogen-bond donors (Lipinski definition) is 3. The fourth-order valence-electron chi connectivity index (χ4n) is 3.28. The van der Waals surface area contributed by atoms with Gasteiger partial charge in [0, 0.05) is 17.8 Å². The minimum atomic E-state index is -0.261. The molecule has 0 radical (unpaired) electrons. The second-order valence-corrected chi connectivity index (χ2v) is 6.18. The molecule has 1 aromatic carbocycles. The van der Waals surface area contributed by atoms with E-state index in [1.807, 2.05) is 37.3 Å². The molecule has 0 amide bonds. The number of benzene rings is 1. The third-order valence-corrected chi connectivity index (χ3v) is 4.58. The number of pyridine rings is 1. The van der Waals surface area contributed by atoms with Gasteiger partial charge in [-0.15, -0.1) is 0 Å². The summed E-state index contributed by atoms with van der Waals surface area (Å²) >= 11 is 0. The molecular formula is C18H14N8O. The molecule has 0 aliphatic rings. The number of nitrogens with zero attached hydrogens (tertiary/aromatic N) is 5. The summed E-state index contributed by atoms with van der Waals surface area (Å²) in [5, 5.41) is 13.7. The van der Waals surface area contributed by atoms with E-state index in [9.17, 15) is 4.79 Å². The summed E-state index contributed by atoms with van der Waals surface area (Å²) in [7, 11) is 0. The fourth-order valence-corrected chi connectivity index (χ4v) is 3.28. The van der Waals surface area contributed by atoms with Crippen LogP contribution in [0.2, 0.25) is 0 Å². The molecule has 4 N–H and O–H groups in total. The molecule has 0 atom stereocenters. The van der Waals surface area contributed by atoms with Gasteiger partial charge in [0.2, 0.25) is 0 Å². The highest BCUT2D eigenvalue weighted by molar-refractivity contribution is 5.87. The van der Waals surface area contributed by atoms with Crippen molar-refractivity contribution in [1.29, 1.82) is 0 Å². The second kappa shape index (κ2) is 5.49. The molecule has 0 spiro atoms. The monoisotopic (exact) mass is 358 g/mol. The molecule has 0 saturated carbocycles.